The van der Waals surface area contributed by atoms with Crippen molar-refractivity contribution in [1.82, 2.24) is 5.32 Å². The van der Waals surface area contributed by atoms with E-state index in [1.165, 1.54) is 17.8 Å². The lowest BCUT2D eigenvalue weighted by Crippen LogP contribution is -2.29. The average molecular weight is 413 g/mol. The van der Waals surface area contributed by atoms with E-state index in [-0.39, 0.29) is 18.3 Å². The molecule has 1 aliphatic heterocycles. The lowest BCUT2D eigenvalue weighted by molar-refractivity contribution is -0.140. The van der Waals surface area contributed by atoms with Crippen molar-refractivity contribution in [3.05, 3.63) is 70.4 Å². The minimum Gasteiger partial charge on any atom is -0.465 e. The molecule has 1 heterocycles. The molecule has 1 aromatic carbocycles. The third-order valence-electron chi connectivity index (χ3n) is 4.13. The third-order valence-corrected chi connectivity index (χ3v) is 5.12. The monoisotopic (exact) mass is 412 g/mol. The van der Waals surface area contributed by atoms with E-state index in [4.69, 9.17) is 9.47 Å². The van der Waals surface area contributed by atoms with Gasteiger partial charge in [-0.2, -0.15) is 5.26 Å². The van der Waals surface area contributed by atoms with Gasteiger partial charge in [-0.05, 0) is 18.9 Å². The van der Waals surface area contributed by atoms with Gasteiger partial charge in [-0.1, -0.05) is 61.7 Å². The SMILES string of the molecule is C=CCOC(=O)C1=C(C)NC(SCC(=O)OCCC)=C(C#N)[C@@H]1c1ccccc1. The van der Waals surface area contributed by atoms with E-state index in [1.54, 1.807) is 6.92 Å². The molecule has 0 amide bonds. The second kappa shape index (κ2) is 11.1. The maximum Gasteiger partial charge on any atom is 0.337 e. The van der Waals surface area contributed by atoms with E-state index in [1.807, 2.05) is 37.3 Å². The van der Waals surface area contributed by atoms with Crippen molar-refractivity contribution < 1.29 is 19.1 Å². The Morgan fingerprint density at radius 3 is 2.66 bits per heavy atom. The number of ether oxygens (including phenoxy) is 2. The second-order valence-electron chi connectivity index (χ2n) is 6.26. The van der Waals surface area contributed by atoms with Crippen LogP contribution in [-0.2, 0) is 19.1 Å². The molecule has 0 fully saturated rings. The van der Waals surface area contributed by atoms with E-state index in [2.05, 4.69) is 18.0 Å². The van der Waals surface area contributed by atoms with Gasteiger partial charge >= 0.3 is 11.9 Å². The Hall–Kier alpha value is -2.98. The molecule has 0 bridgehead atoms. The molecule has 1 aliphatic rings. The first-order valence-electron chi connectivity index (χ1n) is 9.26. The summed E-state index contributed by atoms with van der Waals surface area (Å²) in [4.78, 5) is 24.6. The molecule has 0 aromatic heterocycles. The molecule has 29 heavy (non-hydrogen) atoms. The Morgan fingerprint density at radius 2 is 2.03 bits per heavy atom. The molecule has 1 N–H and O–H groups in total. The standard InChI is InChI=1S/C22H24N2O4S/c1-4-11-27-18(25)14-29-21-17(13-23)20(16-9-7-6-8-10-16)19(15(3)24-21)22(26)28-12-5-2/h5-10,20,24H,2,4,11-12,14H2,1,3H3/t20-/m0/s1. The number of carbonyl (C=O) groups is 2. The van der Waals surface area contributed by atoms with Gasteiger partial charge in [0.1, 0.15) is 6.61 Å². The zero-order valence-electron chi connectivity index (χ0n) is 16.6. The normalized spacial score (nSPS) is 16.0. The number of nitrogens with zero attached hydrogens (tertiary/aromatic N) is 1. The Labute approximate surface area is 175 Å². The van der Waals surface area contributed by atoms with Gasteiger partial charge < -0.3 is 14.8 Å². The van der Waals surface area contributed by atoms with Crippen LogP contribution < -0.4 is 5.32 Å². The summed E-state index contributed by atoms with van der Waals surface area (Å²) in [7, 11) is 0. The Balaban J connectivity index is 2.40. The minimum atomic E-state index is -0.589. The van der Waals surface area contributed by atoms with Crippen molar-refractivity contribution in [3.63, 3.8) is 0 Å². The van der Waals surface area contributed by atoms with E-state index in [0.717, 1.165) is 12.0 Å². The molecule has 1 atom stereocenters. The predicted octanol–water partition coefficient (Wildman–Crippen LogP) is 3.80. The molecule has 0 saturated carbocycles. The largest absolute Gasteiger partial charge is 0.465 e. The summed E-state index contributed by atoms with van der Waals surface area (Å²) in [6.07, 6.45) is 2.24. The highest BCUT2D eigenvalue weighted by atomic mass is 32.2. The van der Waals surface area contributed by atoms with Gasteiger partial charge in [0.2, 0.25) is 0 Å². The maximum absolute atomic E-state index is 12.7. The summed E-state index contributed by atoms with van der Waals surface area (Å²) >= 11 is 1.19. The molecule has 0 aliphatic carbocycles. The van der Waals surface area contributed by atoms with Gasteiger partial charge in [-0.25, -0.2) is 4.79 Å². The van der Waals surface area contributed by atoms with Gasteiger partial charge in [-0.15, -0.1) is 0 Å². The Kier molecular flexibility index (Phi) is 8.56. The van der Waals surface area contributed by atoms with Gasteiger partial charge in [0.25, 0.3) is 0 Å². The molecule has 0 radical (unpaired) electrons. The van der Waals surface area contributed by atoms with Gasteiger partial charge in [0.05, 0.1) is 40.5 Å². The number of allylic oxidation sites excluding steroid dienone is 2. The van der Waals surface area contributed by atoms with Crippen molar-refractivity contribution in [2.24, 2.45) is 0 Å². The minimum absolute atomic E-state index is 0.0680. The van der Waals surface area contributed by atoms with Crippen molar-refractivity contribution in [2.45, 2.75) is 26.2 Å². The fourth-order valence-electron chi connectivity index (χ4n) is 2.88. The summed E-state index contributed by atoms with van der Waals surface area (Å²) in [5, 5.41) is 13.5. The highest BCUT2D eigenvalue weighted by Crippen LogP contribution is 2.40. The van der Waals surface area contributed by atoms with Crippen LogP contribution in [0.1, 0.15) is 31.7 Å². The lowest BCUT2D eigenvalue weighted by Gasteiger charge is -2.29. The number of nitrogens with one attached hydrogen (secondary N) is 1. The third kappa shape index (κ3) is 5.75. The smallest absolute Gasteiger partial charge is 0.337 e. The number of carbonyl (C=O) groups excluding carboxylic acids is 2. The summed E-state index contributed by atoms with van der Waals surface area (Å²) in [6.45, 7) is 7.68. The molecule has 0 spiro atoms. The number of rotatable bonds is 9. The first kappa shape index (κ1) is 22.3. The molecule has 152 valence electrons. The number of benzene rings is 1. The van der Waals surface area contributed by atoms with Crippen LogP contribution in [-0.4, -0.2) is 30.9 Å². The number of thioether (sulfide) groups is 1. The quantitative estimate of drug-likeness (QED) is 0.487. The van der Waals surface area contributed by atoms with E-state index in [0.29, 0.717) is 28.5 Å². The summed E-state index contributed by atoms with van der Waals surface area (Å²) in [5.41, 5.74) is 2.10. The van der Waals surface area contributed by atoms with Crippen molar-refractivity contribution in [1.29, 1.82) is 5.26 Å². The van der Waals surface area contributed by atoms with E-state index in [9.17, 15) is 14.9 Å². The van der Waals surface area contributed by atoms with Gasteiger partial charge in [0.15, 0.2) is 0 Å². The number of hydrogen-bond donors (Lipinski definition) is 1. The number of nitriles is 1. The topological polar surface area (TPSA) is 88.4 Å². The number of esters is 2. The fraction of sp³-hybridized carbons (Fsp3) is 0.318. The molecule has 0 saturated heterocycles. The molecular weight excluding hydrogens is 388 g/mol. The molecule has 1 aromatic rings. The predicted molar refractivity (Wildman–Crippen MR) is 113 cm³/mol. The first-order chi connectivity index (χ1) is 14.0. The second-order valence-corrected chi connectivity index (χ2v) is 7.24. The number of hydrogen-bond acceptors (Lipinski definition) is 7. The number of dihydropyridines is 1. The van der Waals surface area contributed by atoms with Crippen LogP contribution in [0.2, 0.25) is 0 Å². The first-order valence-corrected chi connectivity index (χ1v) is 10.2. The summed E-state index contributed by atoms with van der Waals surface area (Å²) in [5.74, 6) is -1.38. The maximum atomic E-state index is 12.7. The van der Waals surface area contributed by atoms with Gasteiger partial charge in [-0.3, -0.25) is 4.79 Å². The van der Waals surface area contributed by atoms with Crippen LogP contribution in [0.25, 0.3) is 0 Å². The summed E-state index contributed by atoms with van der Waals surface area (Å²) in [6, 6.07) is 11.5. The lowest BCUT2D eigenvalue weighted by atomic mass is 9.82. The van der Waals surface area contributed by atoms with Crippen molar-refractivity contribution in [2.75, 3.05) is 19.0 Å². The highest BCUT2D eigenvalue weighted by molar-refractivity contribution is 8.03. The zero-order chi connectivity index (χ0) is 21.2. The van der Waals surface area contributed by atoms with Crippen LogP contribution >= 0.6 is 11.8 Å². The Morgan fingerprint density at radius 1 is 1.31 bits per heavy atom. The molecule has 0 unspecified atom stereocenters. The molecular formula is C22H24N2O4S. The zero-order valence-corrected chi connectivity index (χ0v) is 17.4. The fourth-order valence-corrected chi connectivity index (χ4v) is 3.77. The van der Waals surface area contributed by atoms with E-state index >= 15 is 0 Å². The molecule has 7 heteroatoms. The van der Waals surface area contributed by atoms with Crippen LogP contribution in [0.4, 0.5) is 0 Å². The van der Waals surface area contributed by atoms with E-state index < -0.39 is 11.9 Å². The van der Waals surface area contributed by atoms with Crippen LogP contribution in [0, 0.1) is 11.3 Å². The van der Waals surface area contributed by atoms with Crippen molar-refractivity contribution in [3.8, 4) is 6.07 Å². The summed E-state index contributed by atoms with van der Waals surface area (Å²) < 4.78 is 10.4. The van der Waals surface area contributed by atoms with Crippen LogP contribution in [0.5, 0.6) is 0 Å². The van der Waals surface area contributed by atoms with Crippen LogP contribution in [0.15, 0.2) is 64.9 Å². The van der Waals surface area contributed by atoms with Crippen LogP contribution in [0.3, 0.4) is 0 Å². The molecule has 2 rings (SSSR count). The van der Waals surface area contributed by atoms with Crippen molar-refractivity contribution >= 4 is 23.7 Å². The molecule has 6 nitrogen and oxygen atoms in total. The van der Waals surface area contributed by atoms with Gasteiger partial charge in [0, 0.05) is 5.70 Å². The highest BCUT2D eigenvalue weighted by Gasteiger charge is 2.35. The average Bonchev–Trinajstić information content (AvgIpc) is 2.74. The Bertz CT molecular complexity index is 869.